The van der Waals surface area contributed by atoms with Gasteiger partial charge in [0.05, 0.1) is 30.8 Å². The fourth-order valence-corrected chi connectivity index (χ4v) is 9.55. The van der Waals surface area contributed by atoms with Crippen molar-refractivity contribution < 1.29 is 58.9 Å². The summed E-state index contributed by atoms with van der Waals surface area (Å²) < 4.78 is 18.0. The molecular formula is C48H75NO12. The summed E-state index contributed by atoms with van der Waals surface area (Å²) in [7, 11) is 1.57. The lowest BCUT2D eigenvalue weighted by Gasteiger charge is -2.43. The van der Waals surface area contributed by atoms with Gasteiger partial charge in [0, 0.05) is 44.2 Å². The molecule has 15 atom stereocenters. The highest BCUT2D eigenvalue weighted by atomic mass is 16.6. The molecule has 2 saturated heterocycles. The summed E-state index contributed by atoms with van der Waals surface area (Å²) in [5.74, 6) is -5.54. The van der Waals surface area contributed by atoms with E-state index in [4.69, 9.17) is 14.2 Å². The molecule has 344 valence electrons. The van der Waals surface area contributed by atoms with Crippen molar-refractivity contribution in [1.29, 1.82) is 0 Å². The molecule has 2 bridgehead atoms. The molecule has 0 aromatic heterocycles. The Kier molecular flexibility index (Phi) is 19.1. The van der Waals surface area contributed by atoms with E-state index < -0.39 is 77.9 Å². The monoisotopic (exact) mass is 858 g/mol. The fraction of sp³-hybridized carbons (Fsp3) is 0.750. The van der Waals surface area contributed by atoms with Crippen LogP contribution in [-0.4, -0.2) is 122 Å². The number of esters is 1. The molecule has 1 saturated carbocycles. The standard InChI is InChI=1S/C48H75NO12/c1-28-13-10-9-11-14-29(2)39(51)25-36-18-16-34(7)48(58,61-36)27-43(53)49-20-12-15-37(49)47(57)60-41(31(4)23-35-17-19-38(50)42(24-35)59-8)26-40(52)30(3)22-33(6)45(55)46(56)44(54)32(5)21-28/h9-11,13-14,22,28,30-32,34-39,41-42,45-46,50-51,55-56,58H,12,15-21,23-27H2,1-8H3/b11-9+,13-10+,29-14+,33-22+/t28-,30-,31-,32-,34-,35?,36+,37+,38+,39+,41+,42+,45-,46+,48+/m1/s1. The molecule has 1 unspecified atom stereocenters. The van der Waals surface area contributed by atoms with Crippen LogP contribution < -0.4 is 0 Å². The Hall–Kier alpha value is -3.04. The van der Waals surface area contributed by atoms with Gasteiger partial charge in [-0.3, -0.25) is 14.4 Å². The first-order valence-electron chi connectivity index (χ1n) is 22.7. The van der Waals surface area contributed by atoms with Crippen molar-refractivity contribution in [3.05, 3.63) is 47.6 Å². The van der Waals surface area contributed by atoms with Crippen molar-refractivity contribution in [2.45, 2.75) is 180 Å². The summed E-state index contributed by atoms with van der Waals surface area (Å²) in [6.07, 6.45) is 9.10. The molecule has 4 rings (SSSR count). The first-order chi connectivity index (χ1) is 28.7. The Morgan fingerprint density at radius 2 is 1.61 bits per heavy atom. The minimum atomic E-state index is -1.80. The van der Waals surface area contributed by atoms with Crippen LogP contribution in [0.5, 0.6) is 0 Å². The van der Waals surface area contributed by atoms with Crippen LogP contribution in [0.3, 0.4) is 0 Å². The van der Waals surface area contributed by atoms with E-state index in [2.05, 4.69) is 0 Å². The average Bonchev–Trinajstić information content (AvgIpc) is 3.72. The first-order valence-corrected chi connectivity index (χ1v) is 22.7. The number of ether oxygens (including phenoxy) is 3. The van der Waals surface area contributed by atoms with E-state index >= 15 is 0 Å². The Morgan fingerprint density at radius 1 is 0.885 bits per heavy atom. The summed E-state index contributed by atoms with van der Waals surface area (Å²) in [6, 6.07) is -0.925. The van der Waals surface area contributed by atoms with Gasteiger partial charge in [0.1, 0.15) is 30.1 Å². The number of allylic oxidation sites excluding steroid dienone is 6. The Bertz CT molecular complexity index is 1620. The number of fused-ring (bicyclic) bond motifs is 3. The predicted molar refractivity (Wildman–Crippen MR) is 231 cm³/mol. The molecule has 0 aromatic carbocycles. The smallest absolute Gasteiger partial charge is 0.329 e. The quantitative estimate of drug-likeness (QED) is 0.181. The van der Waals surface area contributed by atoms with Gasteiger partial charge in [0.2, 0.25) is 5.91 Å². The molecule has 5 N–H and O–H groups in total. The number of ketones is 2. The van der Waals surface area contributed by atoms with Gasteiger partial charge in [-0.05, 0) is 101 Å². The van der Waals surface area contributed by atoms with Gasteiger partial charge >= 0.3 is 5.97 Å². The summed E-state index contributed by atoms with van der Waals surface area (Å²) in [5, 5.41) is 55.3. The first kappa shape index (κ1) is 50.6. The molecule has 13 nitrogen and oxygen atoms in total. The lowest BCUT2D eigenvalue weighted by Crippen LogP contribution is -2.52. The zero-order valence-corrected chi connectivity index (χ0v) is 37.8. The third kappa shape index (κ3) is 14.0. The van der Waals surface area contributed by atoms with Crippen molar-refractivity contribution in [3.63, 3.8) is 0 Å². The van der Waals surface area contributed by atoms with Gasteiger partial charge in [-0.15, -0.1) is 0 Å². The average molecular weight is 858 g/mol. The van der Waals surface area contributed by atoms with Crippen molar-refractivity contribution in [2.75, 3.05) is 13.7 Å². The molecule has 0 aromatic rings. The number of Topliss-reactive ketones (excluding diaryl/α,β-unsaturated/α-hetero) is 2. The van der Waals surface area contributed by atoms with Gasteiger partial charge in [-0.2, -0.15) is 0 Å². The number of cyclic esters (lactones) is 1. The lowest BCUT2D eigenvalue weighted by atomic mass is 9.78. The van der Waals surface area contributed by atoms with Crippen molar-refractivity contribution in [1.82, 2.24) is 4.90 Å². The molecule has 4 aliphatic rings. The van der Waals surface area contributed by atoms with Crippen LogP contribution in [0.4, 0.5) is 0 Å². The Morgan fingerprint density at radius 3 is 2.31 bits per heavy atom. The van der Waals surface area contributed by atoms with Gasteiger partial charge < -0.3 is 44.6 Å². The maximum Gasteiger partial charge on any atom is 0.329 e. The maximum absolute atomic E-state index is 14.1. The number of aliphatic hydroxyl groups is 5. The zero-order valence-electron chi connectivity index (χ0n) is 37.8. The summed E-state index contributed by atoms with van der Waals surface area (Å²) in [4.78, 5) is 56.7. The normalized spacial score (nSPS) is 42.0. The molecule has 0 spiro atoms. The highest BCUT2D eigenvalue weighted by Crippen LogP contribution is 2.38. The van der Waals surface area contributed by atoms with E-state index in [1.807, 2.05) is 39.0 Å². The van der Waals surface area contributed by atoms with Crippen molar-refractivity contribution >= 4 is 23.4 Å². The molecule has 61 heavy (non-hydrogen) atoms. The zero-order chi connectivity index (χ0) is 45.2. The van der Waals surface area contributed by atoms with Crippen LogP contribution in [0.15, 0.2) is 47.6 Å². The van der Waals surface area contributed by atoms with E-state index in [0.717, 1.165) is 6.42 Å². The SMILES string of the molecule is CO[C@H]1CC(C[C@@H](C)[C@@H]2CC(=O)[C@H](C)/C=C(\C)[C@@H](O)[C@@H](O)C(=O)[C@H](C)C[C@H](C)/C=C/C=C/C=C(\C)[C@@H](O)C[C@@H]3CC[C@@H](C)[C@](O)(CC(=O)N4CCC[C@H]4C(=O)O2)O3)CC[C@@H]1O. The summed E-state index contributed by atoms with van der Waals surface area (Å²) in [5.41, 5.74) is 0.958. The van der Waals surface area contributed by atoms with E-state index in [1.165, 1.54) is 11.0 Å². The molecule has 1 amide bonds. The Balaban J connectivity index is 1.63. The largest absolute Gasteiger partial charge is 0.460 e. The Labute approximate surface area is 363 Å². The number of aliphatic hydroxyl groups excluding tert-OH is 4. The van der Waals surface area contributed by atoms with Gasteiger partial charge in [-0.1, -0.05) is 71.1 Å². The molecule has 3 fully saturated rings. The summed E-state index contributed by atoms with van der Waals surface area (Å²) >= 11 is 0. The predicted octanol–water partition coefficient (Wildman–Crippen LogP) is 5.30. The second kappa shape index (κ2) is 23.1. The van der Waals surface area contributed by atoms with Crippen LogP contribution in [0, 0.1) is 35.5 Å². The van der Waals surface area contributed by atoms with Crippen LogP contribution in [0.2, 0.25) is 0 Å². The third-order valence-corrected chi connectivity index (χ3v) is 13.8. The second-order valence-electron chi connectivity index (χ2n) is 18.9. The van der Waals surface area contributed by atoms with Gasteiger partial charge in [0.25, 0.3) is 0 Å². The van der Waals surface area contributed by atoms with E-state index in [1.54, 1.807) is 47.0 Å². The fourth-order valence-electron chi connectivity index (χ4n) is 9.55. The molecule has 0 radical (unpaired) electrons. The second-order valence-corrected chi connectivity index (χ2v) is 18.9. The molecular weight excluding hydrogens is 783 g/mol. The third-order valence-electron chi connectivity index (χ3n) is 13.8. The molecule has 13 heteroatoms. The highest BCUT2D eigenvalue weighted by Gasteiger charge is 2.47. The number of hydrogen-bond acceptors (Lipinski definition) is 12. The number of nitrogens with zero attached hydrogens (tertiary/aromatic N) is 1. The van der Waals surface area contributed by atoms with Crippen LogP contribution in [0.1, 0.15) is 126 Å². The van der Waals surface area contributed by atoms with E-state index in [-0.39, 0.29) is 66.9 Å². The summed E-state index contributed by atoms with van der Waals surface area (Å²) in [6.45, 7) is 12.7. The van der Waals surface area contributed by atoms with Gasteiger partial charge in [0.15, 0.2) is 11.6 Å². The van der Waals surface area contributed by atoms with E-state index in [9.17, 15) is 44.7 Å². The minimum absolute atomic E-state index is 0.0303. The topological polar surface area (TPSA) is 200 Å². The number of rotatable bonds is 4. The lowest BCUT2D eigenvalue weighted by molar-refractivity contribution is -0.283. The van der Waals surface area contributed by atoms with Gasteiger partial charge in [-0.25, -0.2) is 4.79 Å². The maximum atomic E-state index is 14.1. The molecule has 1 aliphatic carbocycles. The number of carbonyl (C=O) groups excluding carboxylic acids is 4. The highest BCUT2D eigenvalue weighted by molar-refractivity contribution is 5.87. The minimum Gasteiger partial charge on any atom is -0.460 e. The number of methoxy groups -OCH3 is 1. The number of hydrogen-bond donors (Lipinski definition) is 5. The van der Waals surface area contributed by atoms with Crippen molar-refractivity contribution in [3.8, 4) is 0 Å². The molecule has 3 heterocycles. The number of carbonyl (C=O) groups is 4. The van der Waals surface area contributed by atoms with Crippen LogP contribution in [0.25, 0.3) is 0 Å². The van der Waals surface area contributed by atoms with Crippen LogP contribution in [-0.2, 0) is 33.4 Å². The van der Waals surface area contributed by atoms with Crippen molar-refractivity contribution in [2.24, 2.45) is 35.5 Å². The van der Waals surface area contributed by atoms with E-state index in [0.29, 0.717) is 56.9 Å². The van der Waals surface area contributed by atoms with Crippen LogP contribution >= 0.6 is 0 Å². The molecule has 3 aliphatic heterocycles. The number of amides is 1.